The van der Waals surface area contributed by atoms with Gasteiger partial charge in [0, 0.05) is 16.6 Å². The van der Waals surface area contributed by atoms with Gasteiger partial charge in [-0.15, -0.1) is 0 Å². The minimum Gasteiger partial charge on any atom is -0.339 e. The first-order chi connectivity index (χ1) is 13.7. The van der Waals surface area contributed by atoms with Gasteiger partial charge in [0.15, 0.2) is 5.82 Å². The molecule has 0 aliphatic carbocycles. The second-order valence-electron chi connectivity index (χ2n) is 6.31. The Balaban J connectivity index is 1.70. The topological polar surface area (TPSA) is 66.5 Å². The van der Waals surface area contributed by atoms with Crippen LogP contribution in [0.4, 0.5) is 15.9 Å². The number of hydrogen-bond acceptors (Lipinski definition) is 4. The molecule has 5 aromatic rings. The van der Waals surface area contributed by atoms with Crippen LogP contribution in [-0.2, 0) is 0 Å². The average Bonchev–Trinajstić information content (AvgIpc) is 3.16. The zero-order valence-electron chi connectivity index (χ0n) is 14.4. The smallest absolute Gasteiger partial charge is 0.163 e. The summed E-state index contributed by atoms with van der Waals surface area (Å²) in [6.07, 6.45) is 1.73. The Morgan fingerprint density at radius 2 is 1.86 bits per heavy atom. The summed E-state index contributed by atoms with van der Waals surface area (Å²) in [4.78, 5) is 9.11. The van der Waals surface area contributed by atoms with Crippen LogP contribution >= 0.6 is 11.6 Å². The summed E-state index contributed by atoms with van der Waals surface area (Å²) >= 11 is 6.32. The van der Waals surface area contributed by atoms with E-state index < -0.39 is 5.82 Å². The van der Waals surface area contributed by atoms with Crippen molar-refractivity contribution in [1.82, 2.24) is 20.2 Å². The molecule has 0 aliphatic rings. The van der Waals surface area contributed by atoms with Gasteiger partial charge in [0.25, 0.3) is 0 Å². The van der Waals surface area contributed by atoms with E-state index in [1.807, 2.05) is 36.4 Å². The minimum absolute atomic E-state index is 0.325. The van der Waals surface area contributed by atoms with Gasteiger partial charge in [0.1, 0.15) is 11.6 Å². The maximum atomic E-state index is 14.6. The normalized spacial score (nSPS) is 11.2. The first-order valence-corrected chi connectivity index (χ1v) is 8.98. The Bertz CT molecular complexity index is 1330. The van der Waals surface area contributed by atoms with Crippen LogP contribution in [-0.4, -0.2) is 20.2 Å². The van der Waals surface area contributed by atoms with Gasteiger partial charge in [-0.25, -0.2) is 14.4 Å². The van der Waals surface area contributed by atoms with Crippen molar-refractivity contribution in [1.29, 1.82) is 0 Å². The number of aromatic nitrogens is 4. The van der Waals surface area contributed by atoms with Gasteiger partial charge < -0.3 is 5.32 Å². The van der Waals surface area contributed by atoms with Crippen LogP contribution in [0, 0.1) is 5.82 Å². The Hall–Kier alpha value is -3.51. The third-order valence-electron chi connectivity index (χ3n) is 4.49. The molecular weight excluding hydrogens is 377 g/mol. The lowest BCUT2D eigenvalue weighted by atomic mass is 10.1. The molecule has 0 radical (unpaired) electrons. The highest BCUT2D eigenvalue weighted by molar-refractivity contribution is 6.33. The van der Waals surface area contributed by atoms with Gasteiger partial charge >= 0.3 is 0 Å². The Morgan fingerprint density at radius 1 is 0.964 bits per heavy atom. The quantitative estimate of drug-likeness (QED) is 0.415. The molecule has 5 rings (SSSR count). The molecule has 3 aromatic carbocycles. The fraction of sp³-hybridized carbons (Fsp3) is 0. The number of H-pyrrole nitrogens is 1. The SMILES string of the molecule is Fc1cccc2nc(-c3ccccc3Cl)nc(Nc3ccc4[nH]ncc4c3)c12. The van der Waals surface area contributed by atoms with Crippen LogP contribution in [0.3, 0.4) is 0 Å². The van der Waals surface area contributed by atoms with Gasteiger partial charge in [-0.2, -0.15) is 5.10 Å². The first kappa shape index (κ1) is 16.6. The molecule has 0 unspecified atom stereocenters. The van der Waals surface area contributed by atoms with E-state index >= 15 is 0 Å². The number of halogens is 2. The van der Waals surface area contributed by atoms with Crippen LogP contribution in [0.1, 0.15) is 0 Å². The lowest BCUT2D eigenvalue weighted by Crippen LogP contribution is -2.01. The lowest BCUT2D eigenvalue weighted by molar-refractivity contribution is 0.639. The van der Waals surface area contributed by atoms with Gasteiger partial charge in [-0.3, -0.25) is 5.10 Å². The second-order valence-corrected chi connectivity index (χ2v) is 6.71. The molecule has 0 saturated carbocycles. The van der Waals surface area contributed by atoms with Gasteiger partial charge in [-0.05, 0) is 42.5 Å². The number of aromatic amines is 1. The zero-order valence-corrected chi connectivity index (χ0v) is 15.2. The molecule has 5 nitrogen and oxygen atoms in total. The predicted molar refractivity (Wildman–Crippen MR) is 109 cm³/mol. The largest absolute Gasteiger partial charge is 0.339 e. The third kappa shape index (κ3) is 2.84. The van der Waals surface area contributed by atoms with Crippen molar-refractivity contribution in [2.45, 2.75) is 0 Å². The Morgan fingerprint density at radius 3 is 2.75 bits per heavy atom. The number of nitrogens with zero attached hydrogens (tertiary/aromatic N) is 3. The summed E-state index contributed by atoms with van der Waals surface area (Å²) < 4.78 is 14.6. The number of fused-ring (bicyclic) bond motifs is 2. The standard InChI is InChI=1S/C21H13ClFN5/c22-15-5-2-1-4-14(15)20-26-18-7-3-6-16(23)19(18)21(27-20)25-13-8-9-17-12(10-13)11-24-28-17/h1-11H,(H,24,28)(H,25,26,27). The van der Waals surface area contributed by atoms with Crippen molar-refractivity contribution in [3.05, 3.63) is 77.7 Å². The molecule has 0 atom stereocenters. The van der Waals surface area contributed by atoms with Crippen molar-refractivity contribution in [3.63, 3.8) is 0 Å². The fourth-order valence-electron chi connectivity index (χ4n) is 3.15. The number of hydrogen-bond donors (Lipinski definition) is 2. The van der Waals surface area contributed by atoms with Crippen molar-refractivity contribution >= 4 is 44.9 Å². The fourth-order valence-corrected chi connectivity index (χ4v) is 3.37. The Kier molecular flexibility index (Phi) is 3.91. The molecule has 0 fully saturated rings. The van der Waals surface area contributed by atoms with Gasteiger partial charge in [-0.1, -0.05) is 29.8 Å². The summed E-state index contributed by atoms with van der Waals surface area (Å²) in [5, 5.41) is 12.0. The monoisotopic (exact) mass is 389 g/mol. The molecule has 136 valence electrons. The highest BCUT2D eigenvalue weighted by Gasteiger charge is 2.15. The van der Waals surface area contributed by atoms with Gasteiger partial charge in [0.2, 0.25) is 0 Å². The maximum Gasteiger partial charge on any atom is 0.163 e. The van der Waals surface area contributed by atoms with E-state index in [1.54, 1.807) is 24.4 Å². The average molecular weight is 390 g/mol. The molecule has 0 saturated heterocycles. The van der Waals surface area contributed by atoms with E-state index in [0.717, 1.165) is 16.6 Å². The molecule has 0 aliphatic heterocycles. The molecule has 7 heteroatoms. The number of anilines is 2. The van der Waals surface area contributed by atoms with E-state index in [9.17, 15) is 4.39 Å². The van der Waals surface area contributed by atoms with E-state index in [2.05, 4.69) is 25.5 Å². The molecule has 2 N–H and O–H groups in total. The maximum absolute atomic E-state index is 14.6. The molecule has 0 spiro atoms. The van der Waals surface area contributed by atoms with Crippen LogP contribution < -0.4 is 5.32 Å². The number of rotatable bonds is 3. The molecule has 28 heavy (non-hydrogen) atoms. The van der Waals surface area contributed by atoms with Crippen LogP contribution in [0.15, 0.2) is 66.9 Å². The van der Waals surface area contributed by atoms with Crippen LogP contribution in [0.25, 0.3) is 33.2 Å². The van der Waals surface area contributed by atoms with E-state index in [0.29, 0.717) is 33.1 Å². The van der Waals surface area contributed by atoms with Crippen LogP contribution in [0.5, 0.6) is 0 Å². The van der Waals surface area contributed by atoms with E-state index in [-0.39, 0.29) is 0 Å². The zero-order chi connectivity index (χ0) is 19.1. The lowest BCUT2D eigenvalue weighted by Gasteiger charge is -2.12. The minimum atomic E-state index is -0.393. The summed E-state index contributed by atoms with van der Waals surface area (Å²) in [5.41, 5.74) is 2.86. The molecule has 0 bridgehead atoms. The highest BCUT2D eigenvalue weighted by Crippen LogP contribution is 2.32. The summed E-state index contributed by atoms with van der Waals surface area (Å²) in [5.74, 6) is 0.409. The summed E-state index contributed by atoms with van der Waals surface area (Å²) in [7, 11) is 0. The second kappa shape index (κ2) is 6.58. The van der Waals surface area contributed by atoms with Crippen molar-refractivity contribution in [3.8, 4) is 11.4 Å². The Labute approximate surface area is 164 Å². The van der Waals surface area contributed by atoms with Crippen molar-refractivity contribution in [2.24, 2.45) is 0 Å². The molecule has 2 heterocycles. The number of benzene rings is 3. The third-order valence-corrected chi connectivity index (χ3v) is 4.82. The van der Waals surface area contributed by atoms with Gasteiger partial charge in [0.05, 0.1) is 27.6 Å². The molecule has 2 aromatic heterocycles. The van der Waals surface area contributed by atoms with Crippen LogP contribution in [0.2, 0.25) is 5.02 Å². The number of nitrogens with one attached hydrogen (secondary N) is 2. The van der Waals surface area contributed by atoms with Crippen molar-refractivity contribution < 1.29 is 4.39 Å². The van der Waals surface area contributed by atoms with E-state index in [4.69, 9.17) is 11.6 Å². The predicted octanol–water partition coefficient (Wildman–Crippen LogP) is 5.71. The summed E-state index contributed by atoms with van der Waals surface area (Å²) in [6.45, 7) is 0. The molecular formula is C21H13ClFN5. The van der Waals surface area contributed by atoms with E-state index in [1.165, 1.54) is 6.07 Å². The highest BCUT2D eigenvalue weighted by atomic mass is 35.5. The summed E-state index contributed by atoms with van der Waals surface area (Å²) in [6, 6.07) is 17.8. The van der Waals surface area contributed by atoms with Crippen molar-refractivity contribution in [2.75, 3.05) is 5.32 Å². The first-order valence-electron chi connectivity index (χ1n) is 8.60. The molecule has 0 amide bonds.